The van der Waals surface area contributed by atoms with Crippen molar-refractivity contribution in [1.29, 1.82) is 0 Å². The molecule has 0 fully saturated rings. The molecule has 6 heteroatoms. The second-order valence-electron chi connectivity index (χ2n) is 2.76. The van der Waals surface area contributed by atoms with Gasteiger partial charge in [-0.3, -0.25) is 0 Å². The Morgan fingerprint density at radius 1 is 1.31 bits per heavy atom. The minimum absolute atomic E-state index is 0.0123. The number of hydrogen-bond acceptors (Lipinski definition) is 3. The SMILES string of the molecule is OCC(O)CNCCCC(F)(F)F. The van der Waals surface area contributed by atoms with Crippen LogP contribution in [0.2, 0.25) is 0 Å². The van der Waals surface area contributed by atoms with Crippen molar-refractivity contribution in [3.63, 3.8) is 0 Å². The zero-order valence-corrected chi connectivity index (χ0v) is 7.14. The van der Waals surface area contributed by atoms with E-state index in [0.29, 0.717) is 0 Å². The first-order valence-electron chi connectivity index (χ1n) is 4.02. The molecule has 0 saturated carbocycles. The molecule has 0 aliphatic rings. The number of aliphatic hydroxyl groups excluding tert-OH is 2. The highest BCUT2D eigenvalue weighted by Gasteiger charge is 2.25. The van der Waals surface area contributed by atoms with Gasteiger partial charge < -0.3 is 15.5 Å². The average molecular weight is 201 g/mol. The van der Waals surface area contributed by atoms with Crippen LogP contribution in [0.3, 0.4) is 0 Å². The van der Waals surface area contributed by atoms with Crippen LogP contribution in [0.4, 0.5) is 13.2 Å². The van der Waals surface area contributed by atoms with Crippen molar-refractivity contribution in [2.75, 3.05) is 19.7 Å². The van der Waals surface area contributed by atoms with Crippen LogP contribution in [-0.4, -0.2) is 42.2 Å². The molecule has 0 saturated heterocycles. The maximum atomic E-state index is 11.6. The number of rotatable bonds is 6. The first-order valence-corrected chi connectivity index (χ1v) is 4.02. The normalized spacial score (nSPS) is 14.5. The summed E-state index contributed by atoms with van der Waals surface area (Å²) in [5, 5.41) is 19.7. The van der Waals surface area contributed by atoms with Gasteiger partial charge in [0.2, 0.25) is 0 Å². The van der Waals surface area contributed by atoms with Gasteiger partial charge in [-0.25, -0.2) is 0 Å². The van der Waals surface area contributed by atoms with Gasteiger partial charge in [-0.2, -0.15) is 13.2 Å². The summed E-state index contributed by atoms with van der Waals surface area (Å²) in [4.78, 5) is 0. The Labute approximate surface area is 74.6 Å². The lowest BCUT2D eigenvalue weighted by molar-refractivity contribution is -0.135. The predicted octanol–water partition coefficient (Wildman–Crippen LogP) is 0.272. The molecule has 0 rings (SSSR count). The van der Waals surface area contributed by atoms with Crippen molar-refractivity contribution < 1.29 is 23.4 Å². The summed E-state index contributed by atoms with van der Waals surface area (Å²) in [6.45, 7) is -0.0722. The van der Waals surface area contributed by atoms with Crippen molar-refractivity contribution in [2.24, 2.45) is 0 Å². The Bertz CT molecular complexity index is 129. The van der Waals surface area contributed by atoms with Crippen molar-refractivity contribution in [3.8, 4) is 0 Å². The lowest BCUT2D eigenvalue weighted by Crippen LogP contribution is -2.30. The van der Waals surface area contributed by atoms with Gasteiger partial charge in [-0.15, -0.1) is 0 Å². The van der Waals surface area contributed by atoms with E-state index < -0.39 is 18.7 Å². The monoisotopic (exact) mass is 201 g/mol. The van der Waals surface area contributed by atoms with E-state index in [1.807, 2.05) is 0 Å². The Kier molecular flexibility index (Phi) is 6.02. The molecule has 0 heterocycles. The van der Waals surface area contributed by atoms with Gasteiger partial charge in [0.1, 0.15) is 0 Å². The van der Waals surface area contributed by atoms with E-state index in [9.17, 15) is 13.2 Å². The highest BCUT2D eigenvalue weighted by atomic mass is 19.4. The van der Waals surface area contributed by atoms with Crippen LogP contribution in [0, 0.1) is 0 Å². The minimum atomic E-state index is -4.11. The summed E-state index contributed by atoms with van der Waals surface area (Å²) in [6.07, 6.45) is -5.85. The first kappa shape index (κ1) is 12.7. The smallest absolute Gasteiger partial charge is 0.389 e. The van der Waals surface area contributed by atoms with Crippen molar-refractivity contribution in [1.82, 2.24) is 5.32 Å². The van der Waals surface area contributed by atoms with E-state index in [0.717, 1.165) is 0 Å². The fraction of sp³-hybridized carbons (Fsp3) is 1.00. The van der Waals surface area contributed by atoms with Crippen LogP contribution in [0.15, 0.2) is 0 Å². The summed E-state index contributed by atoms with van der Waals surface area (Å²) >= 11 is 0. The Morgan fingerprint density at radius 2 is 1.92 bits per heavy atom. The largest absolute Gasteiger partial charge is 0.394 e. The second-order valence-corrected chi connectivity index (χ2v) is 2.76. The number of hydrogen-bond donors (Lipinski definition) is 3. The lowest BCUT2D eigenvalue weighted by Gasteiger charge is -2.09. The molecule has 80 valence electrons. The number of alkyl halides is 3. The molecule has 3 N–H and O–H groups in total. The summed E-state index contributed by atoms with van der Waals surface area (Å²) < 4.78 is 34.8. The number of nitrogens with one attached hydrogen (secondary N) is 1. The van der Waals surface area contributed by atoms with E-state index in [4.69, 9.17) is 10.2 Å². The van der Waals surface area contributed by atoms with E-state index in [1.165, 1.54) is 0 Å². The third-order valence-corrected chi connectivity index (χ3v) is 1.40. The van der Waals surface area contributed by atoms with E-state index in [1.54, 1.807) is 0 Å². The maximum Gasteiger partial charge on any atom is 0.389 e. The Balaban J connectivity index is 3.18. The fourth-order valence-electron chi connectivity index (χ4n) is 0.747. The maximum absolute atomic E-state index is 11.6. The van der Waals surface area contributed by atoms with Crippen LogP contribution >= 0.6 is 0 Å². The molecule has 0 radical (unpaired) electrons. The second kappa shape index (κ2) is 6.17. The van der Waals surface area contributed by atoms with Crippen molar-refractivity contribution in [2.45, 2.75) is 25.1 Å². The standard InChI is InChI=1S/C7H14F3NO2/c8-7(9,10)2-1-3-11-4-6(13)5-12/h6,11-13H,1-5H2. The zero-order chi connectivity index (χ0) is 10.3. The molecule has 0 spiro atoms. The first-order chi connectivity index (χ1) is 5.95. The van der Waals surface area contributed by atoms with Crippen LogP contribution in [-0.2, 0) is 0 Å². The molecular formula is C7H14F3NO2. The molecule has 3 nitrogen and oxygen atoms in total. The Morgan fingerprint density at radius 3 is 2.38 bits per heavy atom. The average Bonchev–Trinajstić information content (AvgIpc) is 2.01. The molecule has 0 aliphatic heterocycles. The molecule has 0 aromatic carbocycles. The molecule has 1 atom stereocenters. The molecule has 13 heavy (non-hydrogen) atoms. The van der Waals surface area contributed by atoms with Gasteiger partial charge in [0.15, 0.2) is 0 Å². The van der Waals surface area contributed by atoms with Gasteiger partial charge in [0.25, 0.3) is 0 Å². The molecule has 1 unspecified atom stereocenters. The van der Waals surface area contributed by atoms with E-state index >= 15 is 0 Å². The number of halogens is 3. The van der Waals surface area contributed by atoms with Crippen LogP contribution < -0.4 is 5.32 Å². The van der Waals surface area contributed by atoms with Gasteiger partial charge >= 0.3 is 6.18 Å². The summed E-state index contributed by atoms with van der Waals surface area (Å²) in [6, 6.07) is 0. The third kappa shape index (κ3) is 9.59. The van der Waals surface area contributed by atoms with Crippen LogP contribution in [0.25, 0.3) is 0 Å². The molecule has 0 bridgehead atoms. The third-order valence-electron chi connectivity index (χ3n) is 1.40. The summed E-state index contributed by atoms with van der Waals surface area (Å²) in [7, 11) is 0. The van der Waals surface area contributed by atoms with Crippen LogP contribution in [0.5, 0.6) is 0 Å². The predicted molar refractivity (Wildman–Crippen MR) is 41.3 cm³/mol. The minimum Gasteiger partial charge on any atom is -0.394 e. The summed E-state index contributed by atoms with van der Waals surface area (Å²) in [5.74, 6) is 0. The van der Waals surface area contributed by atoms with Gasteiger partial charge in [-0.1, -0.05) is 0 Å². The Hall–Kier alpha value is -0.330. The highest BCUT2D eigenvalue weighted by molar-refractivity contribution is 4.58. The van der Waals surface area contributed by atoms with E-state index in [2.05, 4.69) is 5.32 Å². The van der Waals surface area contributed by atoms with Gasteiger partial charge in [0, 0.05) is 13.0 Å². The highest BCUT2D eigenvalue weighted by Crippen LogP contribution is 2.20. The molecule has 0 aromatic rings. The van der Waals surface area contributed by atoms with Crippen molar-refractivity contribution in [3.05, 3.63) is 0 Å². The molecule has 0 aromatic heterocycles. The quantitative estimate of drug-likeness (QED) is 0.541. The van der Waals surface area contributed by atoms with Gasteiger partial charge in [-0.05, 0) is 13.0 Å². The van der Waals surface area contributed by atoms with Gasteiger partial charge in [0.05, 0.1) is 12.7 Å². The zero-order valence-electron chi connectivity index (χ0n) is 7.14. The number of aliphatic hydroxyl groups is 2. The van der Waals surface area contributed by atoms with Crippen LogP contribution in [0.1, 0.15) is 12.8 Å². The fourth-order valence-corrected chi connectivity index (χ4v) is 0.747. The lowest BCUT2D eigenvalue weighted by atomic mass is 10.3. The topological polar surface area (TPSA) is 52.5 Å². The van der Waals surface area contributed by atoms with E-state index in [-0.39, 0.29) is 26.1 Å². The molecule has 0 aliphatic carbocycles. The summed E-state index contributed by atoms with van der Waals surface area (Å²) in [5.41, 5.74) is 0. The molecule has 0 amide bonds. The molecular weight excluding hydrogens is 187 g/mol. The van der Waals surface area contributed by atoms with Crippen molar-refractivity contribution >= 4 is 0 Å².